The van der Waals surface area contributed by atoms with Crippen LogP contribution in [0, 0.1) is 0 Å². The second-order valence-electron chi connectivity index (χ2n) is 4.54. The van der Waals surface area contributed by atoms with Gasteiger partial charge in [0, 0.05) is 29.3 Å². The standard InChI is InChI=1S/C9H19Br2N3.C6H7NO.C2H6.CH3Br/c10-3-1-5-13-6-8-14(9-12)7-2-4-11;7-5-1-3-6(8)4-2-5;2*1-2/h6,8,13H,1-5,7,9,12H2;1-4,8H,7H2;1-2H3;1H3/p+1/b8-6-;;;. The zero-order valence-electron chi connectivity index (χ0n) is 16.2. The third-order valence-corrected chi connectivity index (χ3v) is 3.77. The molecule has 0 spiro atoms. The molecule has 8 heteroatoms. The first-order chi connectivity index (χ1) is 12.6. The summed E-state index contributed by atoms with van der Waals surface area (Å²) in [5.41, 5.74) is 11.6. The number of nitrogen functional groups attached to an aromatic ring is 1. The molecule has 0 unspecified atom stereocenters. The molecular weight excluding hydrogens is 528 g/mol. The van der Waals surface area contributed by atoms with Gasteiger partial charge in [0.2, 0.25) is 0 Å². The summed E-state index contributed by atoms with van der Waals surface area (Å²) in [5, 5.41) is 13.0. The Morgan fingerprint density at radius 3 is 2.04 bits per heavy atom. The number of nitrogens with zero attached hydrogens (tertiary/aromatic N) is 1. The molecule has 1 aromatic rings. The van der Waals surface area contributed by atoms with Crippen LogP contribution in [0.4, 0.5) is 5.69 Å². The van der Waals surface area contributed by atoms with Crippen LogP contribution >= 0.6 is 47.8 Å². The molecule has 0 aromatic heterocycles. The Morgan fingerprint density at radius 1 is 1.08 bits per heavy atom. The minimum atomic E-state index is 0.249. The van der Waals surface area contributed by atoms with Gasteiger partial charge in [-0.3, -0.25) is 0 Å². The van der Waals surface area contributed by atoms with Crippen molar-refractivity contribution in [3.8, 4) is 5.75 Å². The van der Waals surface area contributed by atoms with Crippen LogP contribution in [0.5, 0.6) is 5.75 Å². The summed E-state index contributed by atoms with van der Waals surface area (Å²) in [7, 11) is 0. The van der Waals surface area contributed by atoms with Gasteiger partial charge in [-0.05, 0) is 36.5 Å². The number of rotatable bonds is 9. The summed E-state index contributed by atoms with van der Waals surface area (Å²) in [6.07, 6.45) is 6.47. The number of alkyl halides is 3. The van der Waals surface area contributed by atoms with Gasteiger partial charge in [-0.25, -0.2) is 0 Å². The summed E-state index contributed by atoms with van der Waals surface area (Å²) in [4.78, 5) is 2.12. The van der Waals surface area contributed by atoms with E-state index in [0.29, 0.717) is 12.4 Å². The van der Waals surface area contributed by atoms with Crippen LogP contribution in [0.2, 0.25) is 0 Å². The van der Waals surface area contributed by atoms with Crippen molar-refractivity contribution in [3.05, 3.63) is 36.7 Å². The van der Waals surface area contributed by atoms with Crippen molar-refractivity contribution in [3.63, 3.8) is 0 Å². The molecule has 0 fully saturated rings. The van der Waals surface area contributed by atoms with Crippen molar-refractivity contribution >= 4 is 53.5 Å². The highest BCUT2D eigenvalue weighted by molar-refractivity contribution is 9.09. The molecule has 0 saturated carbocycles. The van der Waals surface area contributed by atoms with Gasteiger partial charge in [-0.2, -0.15) is 0 Å². The van der Waals surface area contributed by atoms with Crippen LogP contribution in [-0.2, 0) is 0 Å². The van der Waals surface area contributed by atoms with E-state index in [1.54, 1.807) is 24.3 Å². The molecule has 26 heavy (non-hydrogen) atoms. The molecule has 0 radical (unpaired) electrons. The predicted octanol–water partition coefficient (Wildman–Crippen LogP) is 3.82. The maximum atomic E-state index is 8.70. The lowest BCUT2D eigenvalue weighted by Gasteiger charge is -2.15. The van der Waals surface area contributed by atoms with Crippen molar-refractivity contribution in [2.75, 3.05) is 42.0 Å². The van der Waals surface area contributed by atoms with E-state index in [9.17, 15) is 0 Å². The van der Waals surface area contributed by atoms with Crippen LogP contribution in [0.15, 0.2) is 36.7 Å². The molecule has 0 aliphatic heterocycles. The number of phenols is 1. The Balaban J connectivity index is -0.000000371. The highest BCUT2D eigenvalue weighted by Gasteiger charge is 1.95. The number of benzene rings is 1. The molecule has 1 rings (SSSR count). The lowest BCUT2D eigenvalue weighted by molar-refractivity contribution is -0.588. The maximum Gasteiger partial charge on any atom is 0.115 e. The van der Waals surface area contributed by atoms with Crippen molar-refractivity contribution in [2.45, 2.75) is 26.7 Å². The highest BCUT2D eigenvalue weighted by atomic mass is 79.9. The van der Waals surface area contributed by atoms with Crippen LogP contribution < -0.4 is 16.8 Å². The third kappa shape index (κ3) is 23.7. The van der Waals surface area contributed by atoms with Gasteiger partial charge < -0.3 is 26.8 Å². The number of quaternary nitrogens is 1. The molecule has 0 bridgehead atoms. The third-order valence-electron chi connectivity index (χ3n) is 2.64. The monoisotopic (exact) mass is 561 g/mol. The fourth-order valence-corrected chi connectivity index (χ4v) is 2.01. The van der Waals surface area contributed by atoms with E-state index >= 15 is 0 Å². The fourth-order valence-electron chi connectivity index (χ4n) is 1.44. The van der Waals surface area contributed by atoms with Crippen LogP contribution in [-0.4, -0.2) is 46.3 Å². The van der Waals surface area contributed by atoms with Crippen molar-refractivity contribution < 1.29 is 10.4 Å². The molecule has 0 aliphatic carbocycles. The first-order valence-corrected chi connectivity index (χ1v) is 12.4. The molecule has 154 valence electrons. The Labute approximate surface area is 185 Å². The van der Waals surface area contributed by atoms with Gasteiger partial charge in [0.1, 0.15) is 11.9 Å². The molecule has 5 nitrogen and oxygen atoms in total. The second kappa shape index (κ2) is 26.9. The summed E-state index contributed by atoms with van der Waals surface area (Å²) in [6.45, 7) is 6.74. The van der Waals surface area contributed by atoms with Gasteiger partial charge in [-0.1, -0.05) is 61.6 Å². The van der Waals surface area contributed by atoms with E-state index in [4.69, 9.17) is 16.6 Å². The zero-order chi connectivity index (χ0) is 20.6. The molecule has 7 N–H and O–H groups in total. The van der Waals surface area contributed by atoms with Crippen molar-refractivity contribution in [2.24, 2.45) is 5.73 Å². The molecule has 0 heterocycles. The largest absolute Gasteiger partial charge is 0.508 e. The number of phenolic OH excluding ortho intramolecular Hbond substituents is 1. The van der Waals surface area contributed by atoms with Crippen LogP contribution in [0.25, 0.3) is 0 Å². The summed E-state index contributed by atoms with van der Waals surface area (Å²) >= 11 is 9.74. The average molecular weight is 564 g/mol. The summed E-state index contributed by atoms with van der Waals surface area (Å²) in [5.74, 6) is 2.06. The summed E-state index contributed by atoms with van der Waals surface area (Å²) in [6, 6.07) is 6.40. The van der Waals surface area contributed by atoms with E-state index in [1.807, 2.05) is 19.7 Å². The number of nitrogens with two attached hydrogens (primary N) is 3. The molecule has 0 amide bonds. The lowest BCUT2D eigenvalue weighted by Crippen LogP contribution is -2.78. The SMILES string of the molecule is CBr.CC.NCN(/C=C\[NH2+]CCCBr)CCCBr.Nc1ccc(O)cc1. The first-order valence-electron chi connectivity index (χ1n) is 8.62. The lowest BCUT2D eigenvalue weighted by atomic mass is 10.3. The van der Waals surface area contributed by atoms with Gasteiger partial charge in [-0.15, -0.1) is 0 Å². The minimum Gasteiger partial charge on any atom is -0.508 e. The Morgan fingerprint density at radius 2 is 1.62 bits per heavy atom. The zero-order valence-corrected chi connectivity index (χ0v) is 20.9. The Kier molecular flexibility index (Phi) is 31.6. The second-order valence-corrected chi connectivity index (χ2v) is 6.12. The normalized spacial score (nSPS) is 9.19. The maximum absolute atomic E-state index is 8.70. The molecule has 0 atom stereocenters. The Hall–Kier alpha value is -0.280. The minimum absolute atomic E-state index is 0.249. The van der Waals surface area contributed by atoms with Crippen LogP contribution in [0.3, 0.4) is 0 Å². The van der Waals surface area contributed by atoms with Gasteiger partial charge >= 0.3 is 0 Å². The number of halogens is 3. The van der Waals surface area contributed by atoms with Crippen molar-refractivity contribution in [1.29, 1.82) is 0 Å². The van der Waals surface area contributed by atoms with E-state index in [2.05, 4.69) is 70.4 Å². The van der Waals surface area contributed by atoms with Gasteiger partial charge in [0.15, 0.2) is 0 Å². The molecule has 1 aromatic carbocycles. The van der Waals surface area contributed by atoms with E-state index in [1.165, 1.54) is 6.42 Å². The topological polar surface area (TPSA) is 92.1 Å². The first kappa shape index (κ1) is 30.4. The summed E-state index contributed by atoms with van der Waals surface area (Å²) < 4.78 is 0. The van der Waals surface area contributed by atoms with E-state index < -0.39 is 0 Å². The molecule has 0 aliphatic rings. The fraction of sp³-hybridized carbons (Fsp3) is 0.556. The highest BCUT2D eigenvalue weighted by Crippen LogP contribution is 2.09. The molecular formula is C18H36Br3N4O+. The molecule has 0 saturated heterocycles. The number of hydrogen-bond donors (Lipinski definition) is 4. The quantitative estimate of drug-likeness (QED) is 0.121. The average Bonchev–Trinajstić information content (AvgIpc) is 2.70. The van der Waals surface area contributed by atoms with Crippen molar-refractivity contribution in [1.82, 2.24) is 4.90 Å². The predicted molar refractivity (Wildman–Crippen MR) is 127 cm³/mol. The number of hydrogen-bond acceptors (Lipinski definition) is 4. The number of aromatic hydroxyl groups is 1. The van der Waals surface area contributed by atoms with Gasteiger partial charge in [0.05, 0.1) is 19.4 Å². The van der Waals surface area contributed by atoms with Crippen LogP contribution in [0.1, 0.15) is 26.7 Å². The smallest absolute Gasteiger partial charge is 0.115 e. The Bertz CT molecular complexity index is 372. The number of anilines is 1. The van der Waals surface area contributed by atoms with Gasteiger partial charge in [0.25, 0.3) is 0 Å². The van der Waals surface area contributed by atoms with E-state index in [-0.39, 0.29) is 5.75 Å². The van der Waals surface area contributed by atoms with E-state index in [0.717, 1.165) is 30.2 Å².